The lowest BCUT2D eigenvalue weighted by atomic mass is 9.97. The second-order valence-electron chi connectivity index (χ2n) is 27.9. The highest BCUT2D eigenvalue weighted by molar-refractivity contribution is 6.10. The summed E-state index contributed by atoms with van der Waals surface area (Å²) in [4.78, 5) is 200. The molecule has 6 N–H and O–H groups in total. The Morgan fingerprint density at radius 2 is 0.980 bits per heavy atom. The van der Waals surface area contributed by atoms with Crippen LogP contribution in [0, 0.1) is 37.5 Å². The Morgan fingerprint density at radius 3 is 1.39 bits per heavy atom. The van der Waals surface area contributed by atoms with Crippen LogP contribution in [0.25, 0.3) is 22.6 Å². The van der Waals surface area contributed by atoms with Gasteiger partial charge in [-0.2, -0.15) is 0 Å². The van der Waals surface area contributed by atoms with Crippen molar-refractivity contribution in [2.45, 2.75) is 156 Å². The van der Waals surface area contributed by atoms with Crippen LogP contribution in [0.1, 0.15) is 124 Å². The van der Waals surface area contributed by atoms with Crippen LogP contribution >= 0.6 is 0 Å². The molecule has 28 nitrogen and oxygen atoms in total. The van der Waals surface area contributed by atoms with Gasteiger partial charge in [0.25, 0.3) is 11.8 Å². The summed E-state index contributed by atoms with van der Waals surface area (Å²) in [5.74, 6) is -10.5. The first-order valence-corrected chi connectivity index (χ1v) is 33.8. The van der Waals surface area contributed by atoms with Crippen LogP contribution in [0.4, 0.5) is 5.69 Å². The van der Waals surface area contributed by atoms with Gasteiger partial charge >= 0.3 is 11.9 Å². The molecule has 8 atom stereocenters. The predicted molar refractivity (Wildman–Crippen MR) is 366 cm³/mol. The third kappa shape index (κ3) is 15.4. The van der Waals surface area contributed by atoms with E-state index in [2.05, 4.69) is 21.3 Å². The summed E-state index contributed by atoms with van der Waals surface area (Å²) in [6, 6.07) is 5.48. The third-order valence-corrected chi connectivity index (χ3v) is 19.2. The summed E-state index contributed by atoms with van der Waals surface area (Å²) in [7, 11) is 5.77. The number of hydrogen-bond acceptors (Lipinski definition) is 18. The highest BCUT2D eigenvalue weighted by Crippen LogP contribution is 2.36. The lowest BCUT2D eigenvalue weighted by Gasteiger charge is -2.34. The molecule has 10 amide bonds. The zero-order valence-electron chi connectivity index (χ0n) is 59.0. The smallest absolute Gasteiger partial charge is 0.334 e. The number of carbonyl (C=O) groups excluding carboxylic acids is 12. The maximum atomic E-state index is 15.3. The minimum atomic E-state index is -1.56. The van der Waals surface area contributed by atoms with Crippen molar-refractivity contribution in [2.24, 2.45) is 23.7 Å². The number of nitrogens with zero attached hydrogens (tertiary/aromatic N) is 7. The van der Waals surface area contributed by atoms with Crippen LogP contribution in [0.5, 0.6) is 11.5 Å². The lowest BCUT2D eigenvalue weighted by Crippen LogP contribution is -2.59. The normalized spacial score (nSPS) is 23.2. The van der Waals surface area contributed by atoms with Gasteiger partial charge in [0.1, 0.15) is 71.0 Å². The Kier molecular flexibility index (Phi) is 22.5. The first-order chi connectivity index (χ1) is 47.2. The van der Waals surface area contributed by atoms with E-state index < -0.39 is 173 Å². The summed E-state index contributed by atoms with van der Waals surface area (Å²) in [5, 5.41) is 11.3. The molecule has 0 saturated carbocycles. The van der Waals surface area contributed by atoms with Crippen LogP contribution in [0.15, 0.2) is 69.9 Å². The van der Waals surface area contributed by atoms with Gasteiger partial charge in [0.2, 0.25) is 52.7 Å². The Hall–Kier alpha value is -10.3. The predicted octanol–water partition coefficient (Wildman–Crippen LogP) is 3.16. The van der Waals surface area contributed by atoms with Gasteiger partial charge in [-0.25, -0.2) is 14.6 Å². The van der Waals surface area contributed by atoms with Crippen molar-refractivity contribution in [3.8, 4) is 23.0 Å². The average Bonchev–Trinajstić information content (AvgIpc) is 0.846. The topological polar surface area (TPSA) is 360 Å². The van der Waals surface area contributed by atoms with E-state index in [1.807, 2.05) is 0 Å². The van der Waals surface area contributed by atoms with Crippen LogP contribution in [-0.4, -0.2) is 208 Å². The first kappa shape index (κ1) is 74.0. The SMILES string of the molecule is Cc1c2oc3c(C)ccc(C(=O)N[C@H]4Cc5ccc(cc5)OC(=O)[C@H](C(C)C)N(C)C(=O)CN(C)C(=O)[C@@H]5CCCN5C(=O)[C@@H](C(C)C)NC4=O)c3nc-2c(C(=O)N[C@H]2Cc3ccc(cc3)OC(=O)[C@H](C(C)C)N(C)C(=O)CN(C)C(=O)[C@@H]3CCCN3C(=O)[C@@H](C(C)C)NC2=O)c(N)c1=O. The number of hydrogen-bond donors (Lipinski definition) is 5. The van der Waals surface area contributed by atoms with E-state index >= 15 is 14.4 Å². The molecule has 2 fully saturated rings. The summed E-state index contributed by atoms with van der Waals surface area (Å²) in [6.45, 7) is 16.4. The Balaban J connectivity index is 1.09. The standard InChI is InChI=1S/C72H90N12O16/c1-35(2)54-69(94)83-29-15-17-48(83)67(92)79(11)33-50(85)81(13)58(37(5)6)71(96)98-43-24-20-41(21-25-43)31-46(64(89)77-54)74-63(88)45-28-19-39(9)61-56(45)76-57-52(53(73)60(87)40(10)62(57)100-61)66(91)75-47-32-42-22-26-44(27-23-42)99-72(97)59(38(7)8)82(14)51(86)34-80(12)68(93)49-18-16-30-84(49)70(95)55(36(3)4)78-65(47)90/h19-28,35-38,46-49,54-55,58-59H,15-18,29-34,73H2,1-14H3,(H,74,88)(H,75,91)(H,77,89)(H,78,90)/t46-,47-,48-,49-,54+,55+,58-,59-/m0/s1. The van der Waals surface area contributed by atoms with E-state index in [4.69, 9.17) is 24.6 Å². The number of aromatic nitrogens is 1. The maximum Gasteiger partial charge on any atom is 0.334 e. The zero-order valence-corrected chi connectivity index (χ0v) is 59.0. The van der Waals surface area contributed by atoms with Crippen LogP contribution in [0.2, 0.25) is 0 Å². The van der Waals surface area contributed by atoms with Crippen LogP contribution < -0.4 is 41.9 Å². The van der Waals surface area contributed by atoms with E-state index in [0.29, 0.717) is 29.5 Å². The van der Waals surface area contributed by atoms with E-state index in [9.17, 15) is 47.9 Å². The summed E-state index contributed by atoms with van der Waals surface area (Å²) in [6.07, 6.45) is 0.912. The number of nitrogen functional groups attached to an aromatic ring is 1. The summed E-state index contributed by atoms with van der Waals surface area (Å²) < 4.78 is 18.1. The van der Waals surface area contributed by atoms with E-state index in [-0.39, 0.29) is 84.0 Å². The van der Waals surface area contributed by atoms with E-state index in [1.54, 1.807) is 92.6 Å². The number of amides is 10. The molecule has 28 heteroatoms. The molecule has 0 aromatic heterocycles. The van der Waals surface area contributed by atoms with Crippen molar-refractivity contribution < 1.29 is 71.4 Å². The Labute approximate surface area is 579 Å². The molecule has 3 aromatic carbocycles. The van der Waals surface area contributed by atoms with Gasteiger partial charge in [0.05, 0.1) is 29.9 Å². The second kappa shape index (κ2) is 30.5. The molecule has 1 aliphatic carbocycles. The number of ether oxygens (including phenoxy) is 2. The number of carbonyl (C=O) groups is 12. The van der Waals surface area contributed by atoms with Crippen molar-refractivity contribution in [2.75, 3.05) is 60.1 Å². The Bertz CT molecular complexity index is 4090. The monoisotopic (exact) mass is 1380 g/mol. The molecule has 7 aliphatic heterocycles. The number of rotatable bonds is 8. The number of likely N-dealkylation sites (N-methyl/N-ethyl adjacent to an activating group) is 4. The van der Waals surface area contributed by atoms with Gasteiger partial charge in [-0.15, -0.1) is 0 Å². The number of benzene rings is 4. The van der Waals surface area contributed by atoms with Crippen molar-refractivity contribution in [3.05, 3.63) is 104 Å². The molecule has 0 radical (unpaired) electrons. The number of aryl methyl sites for hydroxylation is 1. The molecule has 2 saturated heterocycles. The van der Waals surface area contributed by atoms with Gasteiger partial charge < -0.3 is 70.3 Å². The largest absolute Gasteiger partial charge is 0.452 e. The average molecular weight is 1380 g/mol. The molecule has 534 valence electrons. The fourth-order valence-corrected chi connectivity index (χ4v) is 13.5. The molecular weight excluding hydrogens is 1290 g/mol. The highest BCUT2D eigenvalue weighted by Gasteiger charge is 2.45. The number of esters is 2. The third-order valence-electron chi connectivity index (χ3n) is 19.2. The molecule has 8 aliphatic rings. The van der Waals surface area contributed by atoms with Crippen molar-refractivity contribution in [1.82, 2.24) is 55.7 Å². The Morgan fingerprint density at radius 1 is 0.560 bits per heavy atom. The quantitative estimate of drug-likeness (QED) is 0.0490. The number of nitrogens with one attached hydrogen (secondary N) is 4. The summed E-state index contributed by atoms with van der Waals surface area (Å²) in [5.41, 5.74) is 5.23. The van der Waals surface area contributed by atoms with Gasteiger partial charge in [-0.05, 0) is 110 Å². The van der Waals surface area contributed by atoms with Crippen molar-refractivity contribution in [3.63, 3.8) is 0 Å². The molecule has 4 bridgehead atoms. The zero-order chi connectivity index (χ0) is 73.2. The highest BCUT2D eigenvalue weighted by atomic mass is 16.5. The summed E-state index contributed by atoms with van der Waals surface area (Å²) >= 11 is 0. The second-order valence-corrected chi connectivity index (χ2v) is 27.9. The van der Waals surface area contributed by atoms with Crippen LogP contribution in [0.3, 0.4) is 0 Å². The van der Waals surface area contributed by atoms with E-state index in [1.165, 1.54) is 94.8 Å². The number of anilines is 1. The van der Waals surface area contributed by atoms with Gasteiger partial charge in [-0.3, -0.25) is 52.7 Å². The first-order valence-electron chi connectivity index (χ1n) is 33.8. The number of nitrogens with two attached hydrogens (primary N) is 1. The molecule has 100 heavy (non-hydrogen) atoms. The minimum absolute atomic E-state index is 0.00700. The number of fused-ring (bicyclic) bond motifs is 30. The van der Waals surface area contributed by atoms with Crippen LogP contribution in [-0.2, 0) is 60.8 Å². The molecule has 3 aromatic rings. The van der Waals surface area contributed by atoms with Crippen molar-refractivity contribution >= 4 is 87.8 Å². The van der Waals surface area contributed by atoms with Gasteiger partial charge in [0.15, 0.2) is 11.3 Å². The molecule has 7 heterocycles. The molecule has 0 unspecified atom stereocenters. The molecule has 0 spiro atoms. The van der Waals surface area contributed by atoms with E-state index in [0.717, 1.165) is 0 Å². The fraction of sp³-hybridized carbons (Fsp3) is 0.500. The maximum absolute atomic E-state index is 15.3. The fourth-order valence-electron chi connectivity index (χ4n) is 13.5. The molecule has 11 rings (SSSR count). The minimum Gasteiger partial charge on any atom is -0.452 e. The van der Waals surface area contributed by atoms with Gasteiger partial charge in [0, 0.05) is 59.7 Å². The van der Waals surface area contributed by atoms with Crippen molar-refractivity contribution in [1.29, 1.82) is 0 Å². The molecular formula is C72H90N12O16. The van der Waals surface area contributed by atoms with Gasteiger partial charge in [-0.1, -0.05) is 85.7 Å². The lowest BCUT2D eigenvalue weighted by molar-refractivity contribution is -0.152.